The standard InChI is InChI=1S/C22H21Cl2N5O3S/c1-3-10-29-19(12-25-21(31)14-4-9-17(23)18(24)11-14)27-28-22(29)33-13-20(30)26-15-5-7-16(32-2)8-6-15/h3-9,11H,1,10,12-13H2,2H3,(H,25,31)(H,26,30). The highest BCUT2D eigenvalue weighted by Crippen LogP contribution is 2.23. The molecular weight excluding hydrogens is 485 g/mol. The van der Waals surface area contributed by atoms with Crippen LogP contribution in [0.4, 0.5) is 5.69 Å². The zero-order valence-corrected chi connectivity index (χ0v) is 20.0. The molecule has 0 aliphatic rings. The minimum absolute atomic E-state index is 0.136. The third-order valence-electron chi connectivity index (χ3n) is 4.40. The van der Waals surface area contributed by atoms with Crippen LogP contribution in [0.15, 0.2) is 60.3 Å². The number of ether oxygens (including phenoxy) is 1. The third kappa shape index (κ3) is 6.74. The molecule has 3 rings (SSSR count). The lowest BCUT2D eigenvalue weighted by molar-refractivity contribution is -0.113. The van der Waals surface area contributed by atoms with Crippen LogP contribution < -0.4 is 15.4 Å². The molecule has 11 heteroatoms. The lowest BCUT2D eigenvalue weighted by Gasteiger charge is -2.09. The normalized spacial score (nSPS) is 10.5. The summed E-state index contributed by atoms with van der Waals surface area (Å²) in [7, 11) is 1.58. The number of halogens is 2. The molecule has 0 bridgehead atoms. The van der Waals surface area contributed by atoms with Crippen LogP contribution >= 0.6 is 35.0 Å². The highest BCUT2D eigenvalue weighted by molar-refractivity contribution is 7.99. The van der Waals surface area contributed by atoms with Crippen molar-refractivity contribution in [2.75, 3.05) is 18.2 Å². The molecule has 0 saturated heterocycles. The Hall–Kier alpha value is -3.01. The lowest BCUT2D eigenvalue weighted by atomic mass is 10.2. The van der Waals surface area contributed by atoms with Gasteiger partial charge in [-0.2, -0.15) is 0 Å². The van der Waals surface area contributed by atoms with Crippen molar-refractivity contribution >= 4 is 52.5 Å². The molecule has 0 unspecified atom stereocenters. The molecule has 2 N–H and O–H groups in total. The zero-order valence-electron chi connectivity index (χ0n) is 17.7. The van der Waals surface area contributed by atoms with Crippen molar-refractivity contribution in [3.8, 4) is 5.75 Å². The number of aromatic nitrogens is 3. The molecule has 1 heterocycles. The van der Waals surface area contributed by atoms with Gasteiger partial charge in [0.25, 0.3) is 5.91 Å². The number of anilines is 1. The molecule has 0 fully saturated rings. The van der Waals surface area contributed by atoms with E-state index in [0.29, 0.717) is 44.6 Å². The number of nitrogens with zero attached hydrogens (tertiary/aromatic N) is 3. The Morgan fingerprint density at radius 2 is 1.91 bits per heavy atom. The van der Waals surface area contributed by atoms with Gasteiger partial charge in [-0.1, -0.05) is 41.0 Å². The number of amides is 2. The van der Waals surface area contributed by atoms with Crippen LogP contribution in [0, 0.1) is 0 Å². The number of methoxy groups -OCH3 is 1. The van der Waals surface area contributed by atoms with E-state index in [1.165, 1.54) is 17.8 Å². The number of hydrogen-bond donors (Lipinski definition) is 2. The van der Waals surface area contributed by atoms with E-state index in [-0.39, 0.29) is 24.1 Å². The zero-order chi connectivity index (χ0) is 23.8. The molecule has 1 aromatic heterocycles. The number of rotatable bonds is 10. The van der Waals surface area contributed by atoms with Gasteiger partial charge in [-0.25, -0.2) is 0 Å². The summed E-state index contributed by atoms with van der Waals surface area (Å²) in [5.41, 5.74) is 1.05. The Morgan fingerprint density at radius 3 is 2.58 bits per heavy atom. The first-order valence-corrected chi connectivity index (χ1v) is 11.5. The topological polar surface area (TPSA) is 98.1 Å². The fraction of sp³-hybridized carbons (Fsp3) is 0.182. The maximum Gasteiger partial charge on any atom is 0.251 e. The molecule has 0 atom stereocenters. The van der Waals surface area contributed by atoms with E-state index in [9.17, 15) is 9.59 Å². The van der Waals surface area contributed by atoms with E-state index >= 15 is 0 Å². The van der Waals surface area contributed by atoms with Gasteiger partial charge in [0.1, 0.15) is 5.75 Å². The highest BCUT2D eigenvalue weighted by atomic mass is 35.5. The summed E-state index contributed by atoms with van der Waals surface area (Å²) in [6, 6.07) is 11.7. The average Bonchev–Trinajstić information content (AvgIpc) is 3.20. The van der Waals surface area contributed by atoms with Gasteiger partial charge in [0, 0.05) is 17.8 Å². The number of benzene rings is 2. The van der Waals surface area contributed by atoms with Crippen molar-refractivity contribution in [3.05, 3.63) is 76.6 Å². The first kappa shape index (κ1) is 24.6. The van der Waals surface area contributed by atoms with Crippen molar-refractivity contribution in [1.29, 1.82) is 0 Å². The Kier molecular flexibility index (Phi) is 8.76. The van der Waals surface area contributed by atoms with E-state index in [0.717, 1.165) is 0 Å². The molecule has 0 saturated carbocycles. The molecule has 0 aliphatic carbocycles. The maximum absolute atomic E-state index is 12.4. The largest absolute Gasteiger partial charge is 0.497 e. The van der Waals surface area contributed by atoms with Gasteiger partial charge in [0.05, 0.1) is 29.5 Å². The summed E-state index contributed by atoms with van der Waals surface area (Å²) < 4.78 is 6.89. The van der Waals surface area contributed by atoms with E-state index in [1.807, 2.05) is 0 Å². The molecule has 0 spiro atoms. The second-order valence-electron chi connectivity index (χ2n) is 6.68. The van der Waals surface area contributed by atoms with Crippen molar-refractivity contribution in [1.82, 2.24) is 20.1 Å². The fourth-order valence-corrected chi connectivity index (χ4v) is 3.83. The van der Waals surface area contributed by atoms with E-state index < -0.39 is 0 Å². The second kappa shape index (κ2) is 11.7. The molecule has 172 valence electrons. The summed E-state index contributed by atoms with van der Waals surface area (Å²) >= 11 is 13.1. The lowest BCUT2D eigenvalue weighted by Crippen LogP contribution is -2.25. The number of thioether (sulfide) groups is 1. The van der Waals surface area contributed by atoms with E-state index in [4.69, 9.17) is 27.9 Å². The smallest absolute Gasteiger partial charge is 0.251 e. The second-order valence-corrected chi connectivity index (χ2v) is 8.43. The summed E-state index contributed by atoms with van der Waals surface area (Å²) in [6.45, 7) is 4.32. The van der Waals surface area contributed by atoms with Crippen molar-refractivity contribution in [2.45, 2.75) is 18.2 Å². The molecule has 2 aromatic carbocycles. The van der Waals surface area contributed by atoms with Gasteiger partial charge < -0.3 is 19.9 Å². The molecular formula is C22H21Cl2N5O3S. The monoisotopic (exact) mass is 505 g/mol. The Balaban J connectivity index is 1.59. The van der Waals surface area contributed by atoms with Gasteiger partial charge in [0.2, 0.25) is 5.91 Å². The number of nitrogens with one attached hydrogen (secondary N) is 2. The number of allylic oxidation sites excluding steroid dienone is 1. The number of carbonyl (C=O) groups excluding carboxylic acids is 2. The van der Waals surface area contributed by atoms with Crippen molar-refractivity contribution in [3.63, 3.8) is 0 Å². The summed E-state index contributed by atoms with van der Waals surface area (Å²) in [6.07, 6.45) is 1.69. The van der Waals surface area contributed by atoms with Gasteiger partial charge >= 0.3 is 0 Å². The Labute approximate surface area is 205 Å². The van der Waals surface area contributed by atoms with E-state index in [1.54, 1.807) is 54.2 Å². The van der Waals surface area contributed by atoms with Crippen LogP contribution in [0.5, 0.6) is 5.75 Å². The molecule has 0 aliphatic heterocycles. The Bertz CT molecular complexity index is 1150. The molecule has 3 aromatic rings. The van der Waals surface area contributed by atoms with Crippen LogP contribution in [0.1, 0.15) is 16.2 Å². The molecule has 0 radical (unpaired) electrons. The van der Waals surface area contributed by atoms with Crippen LogP contribution in [0.2, 0.25) is 10.0 Å². The van der Waals surface area contributed by atoms with Crippen LogP contribution in [-0.4, -0.2) is 39.4 Å². The average molecular weight is 506 g/mol. The SMILES string of the molecule is C=CCn1c(CNC(=O)c2ccc(Cl)c(Cl)c2)nnc1SCC(=O)Nc1ccc(OC)cc1. The summed E-state index contributed by atoms with van der Waals surface area (Å²) in [5.74, 6) is 0.861. The van der Waals surface area contributed by atoms with Gasteiger partial charge in [-0.15, -0.1) is 16.8 Å². The van der Waals surface area contributed by atoms with Gasteiger partial charge in [-0.05, 0) is 42.5 Å². The highest BCUT2D eigenvalue weighted by Gasteiger charge is 2.15. The summed E-state index contributed by atoms with van der Waals surface area (Å²) in [5, 5.41) is 15.1. The number of carbonyl (C=O) groups is 2. The van der Waals surface area contributed by atoms with Gasteiger partial charge in [-0.3, -0.25) is 9.59 Å². The van der Waals surface area contributed by atoms with Crippen LogP contribution in [0.3, 0.4) is 0 Å². The first-order chi connectivity index (χ1) is 15.9. The van der Waals surface area contributed by atoms with Crippen LogP contribution in [0.25, 0.3) is 0 Å². The maximum atomic E-state index is 12.4. The predicted octanol–water partition coefficient (Wildman–Crippen LogP) is 4.44. The molecule has 2 amide bonds. The van der Waals surface area contributed by atoms with Gasteiger partial charge in [0.15, 0.2) is 11.0 Å². The quantitative estimate of drug-likeness (QED) is 0.312. The third-order valence-corrected chi connectivity index (χ3v) is 6.11. The van der Waals surface area contributed by atoms with Crippen molar-refractivity contribution < 1.29 is 14.3 Å². The Morgan fingerprint density at radius 1 is 1.15 bits per heavy atom. The van der Waals surface area contributed by atoms with Crippen molar-refractivity contribution in [2.24, 2.45) is 0 Å². The van der Waals surface area contributed by atoms with E-state index in [2.05, 4.69) is 27.4 Å². The molecule has 33 heavy (non-hydrogen) atoms. The number of hydrogen-bond acceptors (Lipinski definition) is 6. The predicted molar refractivity (Wildman–Crippen MR) is 130 cm³/mol. The fourth-order valence-electron chi connectivity index (χ4n) is 2.77. The minimum Gasteiger partial charge on any atom is -0.497 e. The minimum atomic E-state index is -0.324. The van der Waals surface area contributed by atoms with Crippen LogP contribution in [-0.2, 0) is 17.9 Å². The molecule has 8 nitrogen and oxygen atoms in total. The first-order valence-electron chi connectivity index (χ1n) is 9.74. The summed E-state index contributed by atoms with van der Waals surface area (Å²) in [4.78, 5) is 24.8.